The summed E-state index contributed by atoms with van der Waals surface area (Å²) in [6.45, 7) is 0. The summed E-state index contributed by atoms with van der Waals surface area (Å²) in [5, 5.41) is 0. The SMILES string of the molecule is NC(c1ccccc1OC(F)(F)F)C1CCC(F)(F)CC1. The first-order chi connectivity index (χ1) is 9.68. The molecule has 0 spiro atoms. The predicted octanol–water partition coefficient (Wildman–Crippen LogP) is 4.41. The Kier molecular flexibility index (Phi) is 4.41. The van der Waals surface area contributed by atoms with Crippen LogP contribution in [0.15, 0.2) is 24.3 Å². The van der Waals surface area contributed by atoms with Crippen molar-refractivity contribution >= 4 is 0 Å². The second kappa shape index (κ2) is 5.79. The summed E-state index contributed by atoms with van der Waals surface area (Å²) < 4.78 is 67.3. The molecule has 2 rings (SSSR count). The standard InChI is InChI=1S/C14H16F5NO/c15-13(16)7-5-9(6-8-13)12(20)10-3-1-2-4-11(10)21-14(17,18)19/h1-4,9,12H,5-8,20H2. The molecule has 0 saturated heterocycles. The summed E-state index contributed by atoms with van der Waals surface area (Å²) in [7, 11) is 0. The van der Waals surface area contributed by atoms with Gasteiger partial charge in [0, 0.05) is 24.4 Å². The van der Waals surface area contributed by atoms with Gasteiger partial charge in [0.1, 0.15) is 5.75 Å². The number of rotatable bonds is 3. The van der Waals surface area contributed by atoms with Crippen LogP contribution in [-0.2, 0) is 0 Å². The largest absolute Gasteiger partial charge is 0.573 e. The minimum atomic E-state index is -4.81. The molecule has 2 N–H and O–H groups in total. The van der Waals surface area contributed by atoms with E-state index >= 15 is 0 Å². The molecule has 118 valence electrons. The number of hydrogen-bond donors (Lipinski definition) is 1. The molecule has 0 amide bonds. The first-order valence-corrected chi connectivity index (χ1v) is 6.66. The smallest absolute Gasteiger partial charge is 0.405 e. The monoisotopic (exact) mass is 309 g/mol. The number of ether oxygens (including phenoxy) is 1. The number of benzene rings is 1. The van der Waals surface area contributed by atoms with Crippen LogP contribution in [0.25, 0.3) is 0 Å². The van der Waals surface area contributed by atoms with E-state index in [-0.39, 0.29) is 42.9 Å². The second-order valence-electron chi connectivity index (χ2n) is 5.30. The van der Waals surface area contributed by atoms with E-state index in [9.17, 15) is 22.0 Å². The van der Waals surface area contributed by atoms with Crippen LogP contribution in [0.2, 0.25) is 0 Å². The van der Waals surface area contributed by atoms with Gasteiger partial charge in [0.15, 0.2) is 0 Å². The molecular formula is C14H16F5NO. The highest BCUT2D eigenvalue weighted by atomic mass is 19.4. The third-order valence-corrected chi connectivity index (χ3v) is 3.77. The zero-order valence-electron chi connectivity index (χ0n) is 11.2. The minimum Gasteiger partial charge on any atom is -0.405 e. The first-order valence-electron chi connectivity index (χ1n) is 6.66. The molecule has 21 heavy (non-hydrogen) atoms. The van der Waals surface area contributed by atoms with Crippen molar-refractivity contribution in [3.8, 4) is 5.75 Å². The molecule has 1 aliphatic rings. The fraction of sp³-hybridized carbons (Fsp3) is 0.571. The van der Waals surface area contributed by atoms with Gasteiger partial charge in [-0.1, -0.05) is 18.2 Å². The molecule has 1 aromatic rings. The Morgan fingerprint density at radius 1 is 1.14 bits per heavy atom. The van der Waals surface area contributed by atoms with E-state index in [4.69, 9.17) is 5.73 Å². The number of para-hydroxylation sites is 1. The molecular weight excluding hydrogens is 293 g/mol. The van der Waals surface area contributed by atoms with Gasteiger partial charge in [-0.25, -0.2) is 8.78 Å². The number of nitrogens with two attached hydrogens (primary N) is 1. The Hall–Kier alpha value is -1.37. The van der Waals surface area contributed by atoms with Crippen molar-refractivity contribution in [3.05, 3.63) is 29.8 Å². The Morgan fingerprint density at radius 3 is 2.29 bits per heavy atom. The summed E-state index contributed by atoms with van der Waals surface area (Å²) in [6, 6.07) is 4.83. The maximum atomic E-state index is 13.1. The molecule has 2 nitrogen and oxygen atoms in total. The zero-order valence-corrected chi connectivity index (χ0v) is 11.2. The summed E-state index contributed by atoms with van der Waals surface area (Å²) in [5.74, 6) is -3.34. The molecule has 0 aromatic heterocycles. The second-order valence-corrected chi connectivity index (χ2v) is 5.30. The highest BCUT2D eigenvalue weighted by Crippen LogP contribution is 2.42. The van der Waals surface area contributed by atoms with Gasteiger partial charge in [0.05, 0.1) is 0 Å². The fourth-order valence-electron chi connectivity index (χ4n) is 2.65. The summed E-state index contributed by atoms with van der Waals surface area (Å²) in [4.78, 5) is 0. The Morgan fingerprint density at radius 2 is 1.71 bits per heavy atom. The Labute approximate surface area is 119 Å². The van der Waals surface area contributed by atoms with Crippen LogP contribution in [0.5, 0.6) is 5.75 Å². The van der Waals surface area contributed by atoms with Gasteiger partial charge in [0.25, 0.3) is 0 Å². The van der Waals surface area contributed by atoms with Crippen LogP contribution in [0.1, 0.15) is 37.3 Å². The third-order valence-electron chi connectivity index (χ3n) is 3.77. The van der Waals surface area contributed by atoms with Crippen LogP contribution < -0.4 is 10.5 Å². The molecule has 1 atom stereocenters. The number of halogens is 5. The molecule has 0 aliphatic heterocycles. The van der Waals surface area contributed by atoms with E-state index in [0.29, 0.717) is 0 Å². The Bertz CT molecular complexity index is 478. The van der Waals surface area contributed by atoms with E-state index < -0.39 is 18.3 Å². The van der Waals surface area contributed by atoms with Gasteiger partial charge < -0.3 is 10.5 Å². The molecule has 7 heteroatoms. The molecule has 0 radical (unpaired) electrons. The normalized spacial score (nSPS) is 21.0. The average molecular weight is 309 g/mol. The van der Waals surface area contributed by atoms with E-state index in [1.54, 1.807) is 6.07 Å². The van der Waals surface area contributed by atoms with Gasteiger partial charge in [-0.2, -0.15) is 0 Å². The van der Waals surface area contributed by atoms with Gasteiger partial charge in [0.2, 0.25) is 5.92 Å². The van der Waals surface area contributed by atoms with E-state index in [2.05, 4.69) is 4.74 Å². The molecule has 1 aromatic carbocycles. The number of hydrogen-bond acceptors (Lipinski definition) is 2. The quantitative estimate of drug-likeness (QED) is 0.839. The lowest BCUT2D eigenvalue weighted by atomic mass is 9.80. The fourth-order valence-corrected chi connectivity index (χ4v) is 2.65. The lowest BCUT2D eigenvalue weighted by molar-refractivity contribution is -0.275. The van der Waals surface area contributed by atoms with Crippen molar-refractivity contribution in [2.75, 3.05) is 0 Å². The molecule has 0 bridgehead atoms. The summed E-state index contributed by atoms with van der Waals surface area (Å²) in [5.41, 5.74) is 6.18. The van der Waals surface area contributed by atoms with E-state index in [1.165, 1.54) is 18.2 Å². The lowest BCUT2D eigenvalue weighted by Gasteiger charge is -2.32. The summed E-state index contributed by atoms with van der Waals surface area (Å²) in [6.07, 6.45) is -5.00. The van der Waals surface area contributed by atoms with Gasteiger partial charge in [-0.05, 0) is 24.8 Å². The van der Waals surface area contributed by atoms with Gasteiger partial charge in [-0.3, -0.25) is 0 Å². The highest BCUT2D eigenvalue weighted by Gasteiger charge is 2.38. The van der Waals surface area contributed by atoms with Crippen molar-refractivity contribution < 1.29 is 26.7 Å². The first kappa shape index (κ1) is 16.0. The van der Waals surface area contributed by atoms with Gasteiger partial charge >= 0.3 is 6.36 Å². The van der Waals surface area contributed by atoms with Crippen molar-refractivity contribution in [1.29, 1.82) is 0 Å². The van der Waals surface area contributed by atoms with Crippen LogP contribution in [0.4, 0.5) is 22.0 Å². The molecule has 0 heterocycles. The topological polar surface area (TPSA) is 35.2 Å². The minimum absolute atomic E-state index is 0.189. The van der Waals surface area contributed by atoms with E-state index in [1.807, 2.05) is 0 Å². The van der Waals surface area contributed by atoms with Crippen molar-refractivity contribution in [1.82, 2.24) is 0 Å². The maximum absolute atomic E-state index is 13.1. The highest BCUT2D eigenvalue weighted by molar-refractivity contribution is 5.36. The van der Waals surface area contributed by atoms with Crippen molar-refractivity contribution in [2.45, 2.75) is 44.0 Å². The van der Waals surface area contributed by atoms with Crippen molar-refractivity contribution in [3.63, 3.8) is 0 Å². The van der Waals surface area contributed by atoms with Crippen LogP contribution in [-0.4, -0.2) is 12.3 Å². The Balaban J connectivity index is 2.14. The summed E-state index contributed by atoms with van der Waals surface area (Å²) >= 11 is 0. The lowest BCUT2D eigenvalue weighted by Crippen LogP contribution is -2.31. The molecule has 1 aliphatic carbocycles. The predicted molar refractivity (Wildman–Crippen MR) is 67.0 cm³/mol. The number of alkyl halides is 5. The van der Waals surface area contributed by atoms with Crippen LogP contribution >= 0.6 is 0 Å². The molecule has 1 unspecified atom stereocenters. The maximum Gasteiger partial charge on any atom is 0.573 e. The van der Waals surface area contributed by atoms with Crippen LogP contribution in [0.3, 0.4) is 0 Å². The van der Waals surface area contributed by atoms with Crippen LogP contribution in [0, 0.1) is 5.92 Å². The van der Waals surface area contributed by atoms with E-state index in [0.717, 1.165) is 0 Å². The molecule has 1 fully saturated rings. The zero-order chi connectivity index (χ0) is 15.7. The average Bonchev–Trinajstić information content (AvgIpc) is 2.37. The van der Waals surface area contributed by atoms with Gasteiger partial charge in [-0.15, -0.1) is 13.2 Å². The third kappa shape index (κ3) is 4.30. The van der Waals surface area contributed by atoms with Crippen molar-refractivity contribution in [2.24, 2.45) is 11.7 Å². The molecule has 1 saturated carbocycles.